The maximum atomic E-state index is 12.2. The van der Waals surface area contributed by atoms with Crippen LogP contribution in [-0.4, -0.2) is 55.5 Å². The van der Waals surface area contributed by atoms with Gasteiger partial charge < -0.3 is 4.90 Å². The second-order valence-electron chi connectivity index (χ2n) is 5.14. The summed E-state index contributed by atoms with van der Waals surface area (Å²) in [6, 6.07) is 4.08. The number of rotatable bonds is 6. The average molecular weight is 342 g/mol. The van der Waals surface area contributed by atoms with E-state index in [9.17, 15) is 13.2 Å². The first-order valence-corrected chi connectivity index (χ1v) is 9.95. The van der Waals surface area contributed by atoms with Gasteiger partial charge in [-0.3, -0.25) is 4.79 Å². The molecule has 2 heterocycles. The van der Waals surface area contributed by atoms with Gasteiger partial charge >= 0.3 is 0 Å². The first-order chi connectivity index (χ1) is 10.5. The number of hydrogen-bond donors (Lipinski definition) is 0. The first kappa shape index (κ1) is 17.2. The molecule has 0 radical (unpaired) electrons. The molecule has 5 nitrogen and oxygen atoms in total. The van der Waals surface area contributed by atoms with Crippen LogP contribution in [0.15, 0.2) is 23.6 Å². The summed E-state index contributed by atoms with van der Waals surface area (Å²) in [7, 11) is -3.50. The van der Waals surface area contributed by atoms with Gasteiger partial charge in [0.2, 0.25) is 15.9 Å². The minimum Gasteiger partial charge on any atom is -0.338 e. The zero-order valence-electron chi connectivity index (χ0n) is 13.0. The quantitative estimate of drug-likeness (QED) is 0.795. The molecule has 0 saturated carbocycles. The van der Waals surface area contributed by atoms with Crippen molar-refractivity contribution >= 4 is 32.8 Å². The van der Waals surface area contributed by atoms with E-state index in [1.165, 1.54) is 14.8 Å². The van der Waals surface area contributed by atoms with Crippen molar-refractivity contribution < 1.29 is 13.2 Å². The van der Waals surface area contributed by atoms with Crippen molar-refractivity contribution in [1.29, 1.82) is 0 Å². The van der Waals surface area contributed by atoms with Gasteiger partial charge in [-0.15, -0.1) is 11.3 Å². The summed E-state index contributed by atoms with van der Waals surface area (Å²) in [5, 5.41) is 2.03. The molecule has 0 aliphatic carbocycles. The van der Waals surface area contributed by atoms with Crippen LogP contribution in [0.1, 0.15) is 25.1 Å². The van der Waals surface area contributed by atoms with Crippen LogP contribution in [0.2, 0.25) is 0 Å². The molecule has 0 bridgehead atoms. The molecule has 2 rings (SSSR count). The molecule has 0 aromatic carbocycles. The van der Waals surface area contributed by atoms with Gasteiger partial charge in [-0.1, -0.05) is 26.0 Å². The zero-order chi connectivity index (χ0) is 16.2. The second kappa shape index (κ2) is 7.39. The Balaban J connectivity index is 1.98. The predicted molar refractivity (Wildman–Crippen MR) is 90.2 cm³/mol. The molecule has 1 aromatic rings. The van der Waals surface area contributed by atoms with E-state index >= 15 is 0 Å². The highest BCUT2D eigenvalue weighted by atomic mass is 32.2. The molecule has 0 unspecified atom stereocenters. The van der Waals surface area contributed by atoms with E-state index in [1.807, 2.05) is 17.5 Å². The van der Waals surface area contributed by atoms with E-state index in [2.05, 4.69) is 6.07 Å². The number of hydrogen-bond acceptors (Lipinski definition) is 4. The summed E-state index contributed by atoms with van der Waals surface area (Å²) in [6.45, 7) is 5.42. The van der Waals surface area contributed by atoms with Crippen LogP contribution in [0.3, 0.4) is 0 Å². The molecule has 1 aliphatic heterocycles. The Morgan fingerprint density at radius 3 is 2.59 bits per heavy atom. The Labute approximate surface area is 136 Å². The van der Waals surface area contributed by atoms with Gasteiger partial charge in [-0.05, 0) is 23.4 Å². The molecular formula is C15H22N2O3S2. The second-order valence-corrected chi connectivity index (χ2v) is 8.05. The van der Waals surface area contributed by atoms with E-state index in [0.29, 0.717) is 26.2 Å². The summed E-state index contributed by atoms with van der Waals surface area (Å²) in [5.74, 6) is -0.745. The Bertz CT molecular complexity index is 632. The fourth-order valence-electron chi connectivity index (χ4n) is 2.54. The molecule has 0 saturated heterocycles. The minimum absolute atomic E-state index is 0.312. The molecule has 7 heteroatoms. The first-order valence-electron chi connectivity index (χ1n) is 7.46. The van der Waals surface area contributed by atoms with E-state index in [1.54, 1.807) is 30.1 Å². The van der Waals surface area contributed by atoms with Gasteiger partial charge in [0.25, 0.3) is 0 Å². The molecule has 122 valence electrons. The fraction of sp³-hybridized carbons (Fsp3) is 0.533. The van der Waals surface area contributed by atoms with Crippen LogP contribution in [0, 0.1) is 0 Å². The molecular weight excluding hydrogens is 320 g/mol. The highest BCUT2D eigenvalue weighted by molar-refractivity contribution is 7.89. The number of carbonyl (C=O) groups is 1. The molecule has 22 heavy (non-hydrogen) atoms. The molecule has 1 amide bonds. The van der Waals surface area contributed by atoms with Crippen molar-refractivity contribution in [2.75, 3.05) is 31.9 Å². The number of sulfonamides is 1. The van der Waals surface area contributed by atoms with E-state index < -0.39 is 15.8 Å². The van der Waals surface area contributed by atoms with E-state index in [-0.39, 0.29) is 5.91 Å². The van der Waals surface area contributed by atoms with Crippen molar-refractivity contribution in [3.63, 3.8) is 0 Å². The van der Waals surface area contributed by atoms with Gasteiger partial charge in [-0.25, -0.2) is 12.7 Å². The molecule has 0 atom stereocenters. The van der Waals surface area contributed by atoms with Crippen LogP contribution < -0.4 is 0 Å². The van der Waals surface area contributed by atoms with Crippen LogP contribution in [0.5, 0.6) is 0 Å². The summed E-state index contributed by atoms with van der Waals surface area (Å²) in [4.78, 5) is 15.1. The van der Waals surface area contributed by atoms with Crippen molar-refractivity contribution in [2.45, 2.75) is 20.3 Å². The lowest BCUT2D eigenvalue weighted by molar-refractivity contribution is -0.128. The molecule has 1 aliphatic rings. The maximum Gasteiger partial charge on any atom is 0.239 e. The van der Waals surface area contributed by atoms with Crippen LogP contribution in [0.25, 0.3) is 5.57 Å². The summed E-state index contributed by atoms with van der Waals surface area (Å²) in [6.07, 6.45) is 2.80. The third kappa shape index (κ3) is 3.97. The molecule has 0 N–H and O–H groups in total. The highest BCUT2D eigenvalue weighted by Gasteiger charge is 2.27. The number of carbonyl (C=O) groups excluding carboxylic acids is 1. The predicted octanol–water partition coefficient (Wildman–Crippen LogP) is 2.04. The lowest BCUT2D eigenvalue weighted by Crippen LogP contribution is -2.42. The van der Waals surface area contributed by atoms with E-state index in [4.69, 9.17) is 0 Å². The number of thiophene rings is 1. The zero-order valence-corrected chi connectivity index (χ0v) is 14.6. The number of nitrogens with zero attached hydrogens (tertiary/aromatic N) is 2. The van der Waals surface area contributed by atoms with Crippen LogP contribution in [-0.2, 0) is 14.8 Å². The van der Waals surface area contributed by atoms with Crippen LogP contribution >= 0.6 is 11.3 Å². The Morgan fingerprint density at radius 2 is 2.09 bits per heavy atom. The van der Waals surface area contributed by atoms with Gasteiger partial charge in [0.15, 0.2) is 0 Å². The van der Waals surface area contributed by atoms with Crippen LogP contribution in [0.4, 0.5) is 0 Å². The smallest absolute Gasteiger partial charge is 0.239 e. The van der Waals surface area contributed by atoms with Gasteiger partial charge in [-0.2, -0.15) is 0 Å². The van der Waals surface area contributed by atoms with Gasteiger partial charge in [0.1, 0.15) is 5.75 Å². The lowest BCUT2D eigenvalue weighted by Gasteiger charge is -2.27. The maximum absolute atomic E-state index is 12.2. The SMILES string of the molecule is CCN(CC)S(=O)(=O)CC(=O)N1CC=C(c2cccs2)CC1. The summed E-state index contributed by atoms with van der Waals surface area (Å²) >= 11 is 1.68. The Hall–Kier alpha value is -1.18. The summed E-state index contributed by atoms with van der Waals surface area (Å²) in [5.41, 5.74) is 1.24. The Kier molecular flexibility index (Phi) is 5.77. The minimum atomic E-state index is -3.50. The van der Waals surface area contributed by atoms with Gasteiger partial charge in [0, 0.05) is 31.1 Å². The molecule has 0 spiro atoms. The molecule has 0 fully saturated rings. The van der Waals surface area contributed by atoms with Crippen molar-refractivity contribution in [2.24, 2.45) is 0 Å². The van der Waals surface area contributed by atoms with Crippen molar-refractivity contribution in [1.82, 2.24) is 9.21 Å². The third-order valence-corrected chi connectivity index (χ3v) is 6.66. The fourth-order valence-corrected chi connectivity index (χ4v) is 4.80. The Morgan fingerprint density at radius 1 is 1.36 bits per heavy atom. The van der Waals surface area contributed by atoms with Crippen molar-refractivity contribution in [3.8, 4) is 0 Å². The monoisotopic (exact) mass is 342 g/mol. The van der Waals surface area contributed by atoms with Crippen molar-refractivity contribution in [3.05, 3.63) is 28.5 Å². The average Bonchev–Trinajstić information content (AvgIpc) is 3.02. The topological polar surface area (TPSA) is 57.7 Å². The summed E-state index contributed by atoms with van der Waals surface area (Å²) < 4.78 is 25.7. The molecule has 1 aromatic heterocycles. The standard InChI is InChI=1S/C15H22N2O3S2/c1-3-17(4-2)22(19,20)12-15(18)16-9-7-13(8-10-16)14-6-5-11-21-14/h5-7,11H,3-4,8-10,12H2,1-2H3. The van der Waals surface area contributed by atoms with Gasteiger partial charge in [0.05, 0.1) is 0 Å². The number of amides is 1. The third-order valence-electron chi connectivity index (χ3n) is 3.80. The lowest BCUT2D eigenvalue weighted by atomic mass is 10.1. The van der Waals surface area contributed by atoms with E-state index in [0.717, 1.165) is 6.42 Å². The normalized spacial score (nSPS) is 16.0. The highest BCUT2D eigenvalue weighted by Crippen LogP contribution is 2.26. The largest absolute Gasteiger partial charge is 0.338 e.